The molecule has 1 aliphatic carbocycles. The Labute approximate surface area is 173 Å². The van der Waals surface area contributed by atoms with E-state index in [0.29, 0.717) is 17.3 Å². The molecule has 146 valence electrons. The topological polar surface area (TPSA) is 74.8 Å². The summed E-state index contributed by atoms with van der Waals surface area (Å²) >= 11 is 8.66. The van der Waals surface area contributed by atoms with Gasteiger partial charge >= 0.3 is 0 Å². The molecular formula is C19H17ClFN3O2S2. The van der Waals surface area contributed by atoms with Crippen molar-refractivity contribution >= 4 is 56.5 Å². The van der Waals surface area contributed by atoms with Crippen LogP contribution in [-0.2, 0) is 23.4 Å². The minimum atomic E-state index is -0.533. The molecule has 1 aromatic carbocycles. The average Bonchev–Trinajstić information content (AvgIpc) is 3.03. The van der Waals surface area contributed by atoms with E-state index < -0.39 is 5.82 Å². The van der Waals surface area contributed by atoms with Crippen molar-refractivity contribution in [3.63, 3.8) is 0 Å². The number of anilines is 1. The van der Waals surface area contributed by atoms with Crippen LogP contribution in [0, 0.1) is 5.82 Å². The van der Waals surface area contributed by atoms with Crippen LogP contribution in [0.2, 0.25) is 5.02 Å². The molecule has 1 aliphatic rings. The largest absolute Gasteiger partial charge is 0.325 e. The summed E-state index contributed by atoms with van der Waals surface area (Å²) in [6.45, 7) is 0. The number of fused-ring (bicyclic) bond motifs is 3. The van der Waals surface area contributed by atoms with Crippen molar-refractivity contribution < 1.29 is 9.18 Å². The number of halogens is 2. The van der Waals surface area contributed by atoms with Crippen LogP contribution >= 0.6 is 34.7 Å². The summed E-state index contributed by atoms with van der Waals surface area (Å²) in [5, 5.41) is 3.36. The molecule has 0 radical (unpaired) electrons. The summed E-state index contributed by atoms with van der Waals surface area (Å²) < 4.78 is 13.2. The first-order valence-corrected chi connectivity index (χ1v) is 11.2. The maximum atomic E-state index is 13.2. The summed E-state index contributed by atoms with van der Waals surface area (Å²) in [6, 6.07) is 4.02. The van der Waals surface area contributed by atoms with Gasteiger partial charge < -0.3 is 10.3 Å². The van der Waals surface area contributed by atoms with Gasteiger partial charge in [0.15, 0.2) is 0 Å². The summed E-state index contributed by atoms with van der Waals surface area (Å²) in [5.41, 5.74) is 1.51. The summed E-state index contributed by atoms with van der Waals surface area (Å²) in [4.78, 5) is 34.1. The SMILES string of the molecule is O=C(CSCc1nc2sc3c(c2c(=O)[nH]1)CCCC3)Nc1ccc(F)c(Cl)c1. The molecule has 0 saturated heterocycles. The molecule has 5 nitrogen and oxygen atoms in total. The smallest absolute Gasteiger partial charge is 0.259 e. The molecule has 2 aromatic heterocycles. The number of nitrogens with zero attached hydrogens (tertiary/aromatic N) is 1. The van der Waals surface area contributed by atoms with Gasteiger partial charge in [0.2, 0.25) is 5.91 Å². The molecule has 2 heterocycles. The molecule has 2 N–H and O–H groups in total. The van der Waals surface area contributed by atoms with Gasteiger partial charge in [-0.2, -0.15) is 0 Å². The highest BCUT2D eigenvalue weighted by Gasteiger charge is 2.19. The molecule has 0 fully saturated rings. The number of nitrogens with one attached hydrogen (secondary N) is 2. The van der Waals surface area contributed by atoms with Crippen molar-refractivity contribution in [3.05, 3.63) is 55.7 Å². The lowest BCUT2D eigenvalue weighted by atomic mass is 9.97. The quantitative estimate of drug-likeness (QED) is 0.615. The van der Waals surface area contributed by atoms with Crippen LogP contribution in [0.4, 0.5) is 10.1 Å². The number of thiophene rings is 1. The van der Waals surface area contributed by atoms with Gasteiger partial charge in [-0.25, -0.2) is 9.37 Å². The molecule has 4 rings (SSSR count). The first kappa shape index (κ1) is 19.4. The number of benzene rings is 1. The van der Waals surface area contributed by atoms with Crippen LogP contribution in [0.15, 0.2) is 23.0 Å². The molecule has 0 unspecified atom stereocenters. The van der Waals surface area contributed by atoms with Gasteiger partial charge in [0.05, 0.1) is 21.9 Å². The third-order valence-corrected chi connectivity index (χ3v) is 6.97. The van der Waals surface area contributed by atoms with Crippen molar-refractivity contribution in [2.75, 3.05) is 11.1 Å². The minimum absolute atomic E-state index is 0.0424. The van der Waals surface area contributed by atoms with Crippen molar-refractivity contribution in [1.29, 1.82) is 0 Å². The number of aromatic amines is 1. The fourth-order valence-corrected chi connectivity index (χ4v) is 5.44. The number of hydrogen-bond donors (Lipinski definition) is 2. The lowest BCUT2D eigenvalue weighted by Gasteiger charge is -2.09. The van der Waals surface area contributed by atoms with E-state index in [9.17, 15) is 14.0 Å². The number of aromatic nitrogens is 2. The Balaban J connectivity index is 1.39. The van der Waals surface area contributed by atoms with Gasteiger partial charge in [-0.1, -0.05) is 11.6 Å². The molecule has 3 aromatic rings. The van der Waals surface area contributed by atoms with Gasteiger partial charge in [-0.05, 0) is 49.4 Å². The van der Waals surface area contributed by atoms with Gasteiger partial charge in [0, 0.05) is 10.6 Å². The average molecular weight is 438 g/mol. The lowest BCUT2D eigenvalue weighted by molar-refractivity contribution is -0.113. The molecule has 28 heavy (non-hydrogen) atoms. The third kappa shape index (κ3) is 4.09. The Kier molecular flexibility index (Phi) is 5.70. The predicted octanol–water partition coefficient (Wildman–Crippen LogP) is 4.53. The number of thioether (sulfide) groups is 1. The maximum absolute atomic E-state index is 13.2. The number of hydrogen-bond acceptors (Lipinski definition) is 5. The molecule has 9 heteroatoms. The van der Waals surface area contributed by atoms with Crippen LogP contribution in [0.25, 0.3) is 10.2 Å². The molecule has 0 aliphatic heterocycles. The highest BCUT2D eigenvalue weighted by molar-refractivity contribution is 7.99. The highest BCUT2D eigenvalue weighted by Crippen LogP contribution is 2.33. The van der Waals surface area contributed by atoms with Crippen LogP contribution in [0.1, 0.15) is 29.1 Å². The van der Waals surface area contributed by atoms with Crippen LogP contribution < -0.4 is 10.9 Å². The first-order valence-electron chi connectivity index (χ1n) is 8.87. The number of carbonyl (C=O) groups is 1. The lowest BCUT2D eigenvalue weighted by Crippen LogP contribution is -2.15. The van der Waals surface area contributed by atoms with Crippen molar-refractivity contribution in [1.82, 2.24) is 9.97 Å². The zero-order chi connectivity index (χ0) is 19.7. The Morgan fingerprint density at radius 1 is 1.36 bits per heavy atom. The van der Waals surface area contributed by atoms with E-state index in [-0.39, 0.29) is 22.2 Å². The molecule has 0 bridgehead atoms. The predicted molar refractivity (Wildman–Crippen MR) is 113 cm³/mol. The molecule has 0 atom stereocenters. The van der Waals surface area contributed by atoms with E-state index in [2.05, 4.69) is 15.3 Å². The van der Waals surface area contributed by atoms with E-state index in [4.69, 9.17) is 11.6 Å². The monoisotopic (exact) mass is 437 g/mol. The zero-order valence-corrected chi connectivity index (χ0v) is 17.2. The fourth-order valence-electron chi connectivity index (χ4n) is 3.29. The molecular weight excluding hydrogens is 421 g/mol. The van der Waals surface area contributed by atoms with Crippen LogP contribution in [0.5, 0.6) is 0 Å². The second kappa shape index (κ2) is 8.23. The Morgan fingerprint density at radius 2 is 2.18 bits per heavy atom. The Hall–Kier alpha value is -1.90. The Bertz CT molecular complexity index is 1110. The Morgan fingerprint density at radius 3 is 3.00 bits per heavy atom. The number of carbonyl (C=O) groups excluding carboxylic acids is 1. The molecule has 1 amide bonds. The van der Waals surface area contributed by atoms with Gasteiger partial charge in [-0.3, -0.25) is 9.59 Å². The van der Waals surface area contributed by atoms with Crippen LogP contribution in [0.3, 0.4) is 0 Å². The van der Waals surface area contributed by atoms with E-state index in [1.807, 2.05) is 0 Å². The summed E-state index contributed by atoms with van der Waals surface area (Å²) in [5.74, 6) is 0.402. The maximum Gasteiger partial charge on any atom is 0.259 e. The van der Waals surface area contributed by atoms with Crippen molar-refractivity contribution in [3.8, 4) is 0 Å². The third-order valence-electron chi connectivity index (χ3n) is 4.55. The number of amides is 1. The zero-order valence-electron chi connectivity index (χ0n) is 14.8. The van der Waals surface area contributed by atoms with Gasteiger partial charge in [0.25, 0.3) is 5.56 Å². The summed E-state index contributed by atoms with van der Waals surface area (Å²) in [6.07, 6.45) is 4.24. The summed E-state index contributed by atoms with van der Waals surface area (Å²) in [7, 11) is 0. The number of aryl methyl sites for hydroxylation is 2. The number of rotatable bonds is 5. The standard InChI is InChI=1S/C19H17ClFN3O2S2/c20-12-7-10(5-6-13(12)21)22-16(25)9-27-8-15-23-18(26)17-11-3-1-2-4-14(11)28-19(17)24-15/h5-7H,1-4,8-9H2,(H,22,25)(H,23,24,26). The number of H-pyrrole nitrogens is 1. The second-order valence-electron chi connectivity index (χ2n) is 6.57. The fraction of sp³-hybridized carbons (Fsp3) is 0.316. The second-order valence-corrected chi connectivity index (χ2v) is 9.05. The first-order chi connectivity index (χ1) is 13.5. The minimum Gasteiger partial charge on any atom is -0.325 e. The highest BCUT2D eigenvalue weighted by atomic mass is 35.5. The normalized spacial score (nSPS) is 13.5. The van der Waals surface area contributed by atoms with E-state index >= 15 is 0 Å². The molecule has 0 spiro atoms. The van der Waals surface area contributed by atoms with Gasteiger partial charge in [-0.15, -0.1) is 23.1 Å². The van der Waals surface area contributed by atoms with Crippen molar-refractivity contribution in [2.45, 2.75) is 31.4 Å². The van der Waals surface area contributed by atoms with Crippen LogP contribution in [-0.4, -0.2) is 21.6 Å². The molecule has 0 saturated carbocycles. The van der Waals surface area contributed by atoms with E-state index in [0.717, 1.165) is 41.5 Å². The van der Waals surface area contributed by atoms with Crippen molar-refractivity contribution in [2.24, 2.45) is 0 Å². The van der Waals surface area contributed by atoms with E-state index in [1.54, 1.807) is 11.3 Å². The van der Waals surface area contributed by atoms with Gasteiger partial charge in [0.1, 0.15) is 16.5 Å². The van der Waals surface area contributed by atoms with E-state index in [1.165, 1.54) is 34.8 Å².